The van der Waals surface area contributed by atoms with Crippen molar-refractivity contribution < 1.29 is 13.2 Å². The van der Waals surface area contributed by atoms with E-state index >= 15 is 0 Å². The van der Waals surface area contributed by atoms with E-state index in [-0.39, 0.29) is 0 Å². The molecule has 2 aliphatic heterocycles. The molecule has 2 saturated heterocycles. The van der Waals surface area contributed by atoms with Crippen LogP contribution in [-0.2, 0) is 14.9 Å². The zero-order valence-corrected chi connectivity index (χ0v) is 11.0. The minimum absolute atomic E-state index is 0.331. The number of methoxy groups -OCH3 is 1. The number of hydrogen-bond acceptors (Lipinski definition) is 4. The summed E-state index contributed by atoms with van der Waals surface area (Å²) in [4.78, 5) is 0. The van der Waals surface area contributed by atoms with Crippen molar-refractivity contribution in [3.8, 4) is 0 Å². The van der Waals surface area contributed by atoms with Crippen molar-refractivity contribution >= 4 is 10.2 Å². The fraction of sp³-hybridized carbons (Fsp3) is 1.00. The second kappa shape index (κ2) is 5.62. The molecule has 0 bridgehead atoms. The average Bonchev–Trinajstić information content (AvgIpc) is 2.73. The van der Waals surface area contributed by atoms with E-state index < -0.39 is 10.2 Å². The van der Waals surface area contributed by atoms with Crippen LogP contribution in [0.4, 0.5) is 0 Å². The number of nitrogens with one attached hydrogen (secondary N) is 2. The molecule has 0 saturated carbocycles. The smallest absolute Gasteiger partial charge is 0.279 e. The molecule has 100 valence electrons. The number of hydrogen-bond donors (Lipinski definition) is 2. The summed E-state index contributed by atoms with van der Waals surface area (Å²) in [6.07, 6.45) is 2.27. The van der Waals surface area contributed by atoms with Crippen molar-refractivity contribution in [2.45, 2.75) is 18.9 Å². The lowest BCUT2D eigenvalue weighted by Gasteiger charge is -2.24. The van der Waals surface area contributed by atoms with Gasteiger partial charge in [0.25, 0.3) is 10.2 Å². The molecule has 2 N–H and O–H groups in total. The van der Waals surface area contributed by atoms with Crippen molar-refractivity contribution in [1.29, 1.82) is 0 Å². The second-order valence-corrected chi connectivity index (χ2v) is 6.43. The Bertz CT molecular complexity index is 333. The van der Waals surface area contributed by atoms with Gasteiger partial charge in [0.05, 0.1) is 6.61 Å². The summed E-state index contributed by atoms with van der Waals surface area (Å²) in [6.45, 7) is 2.97. The Kier molecular flexibility index (Phi) is 4.37. The Morgan fingerprint density at radius 1 is 1.47 bits per heavy atom. The van der Waals surface area contributed by atoms with Gasteiger partial charge in [-0.3, -0.25) is 0 Å². The molecule has 2 aliphatic rings. The summed E-state index contributed by atoms with van der Waals surface area (Å²) < 4.78 is 32.9. The highest BCUT2D eigenvalue weighted by atomic mass is 32.2. The summed E-state index contributed by atoms with van der Waals surface area (Å²) in [5.41, 5.74) is 0. The van der Waals surface area contributed by atoms with E-state index in [0.717, 1.165) is 19.4 Å². The molecule has 0 amide bonds. The summed E-state index contributed by atoms with van der Waals surface area (Å²) in [7, 11) is -1.77. The van der Waals surface area contributed by atoms with E-state index in [9.17, 15) is 8.42 Å². The van der Waals surface area contributed by atoms with Crippen LogP contribution in [0.2, 0.25) is 0 Å². The summed E-state index contributed by atoms with van der Waals surface area (Å²) >= 11 is 0. The largest absolute Gasteiger partial charge is 0.383 e. The van der Waals surface area contributed by atoms with Crippen molar-refractivity contribution in [2.75, 3.05) is 39.9 Å². The molecular weight excluding hydrogens is 242 g/mol. The van der Waals surface area contributed by atoms with Crippen LogP contribution in [0.1, 0.15) is 12.8 Å². The normalized spacial score (nSPS) is 30.4. The number of fused-ring (bicyclic) bond motifs is 1. The molecule has 2 rings (SSSR count). The van der Waals surface area contributed by atoms with Crippen LogP contribution in [0.25, 0.3) is 0 Å². The van der Waals surface area contributed by atoms with Crippen LogP contribution < -0.4 is 10.0 Å². The van der Waals surface area contributed by atoms with Crippen LogP contribution in [0, 0.1) is 5.92 Å². The summed E-state index contributed by atoms with van der Waals surface area (Å²) in [6, 6.07) is 0.336. The average molecular weight is 263 g/mol. The van der Waals surface area contributed by atoms with Gasteiger partial charge in [-0.05, 0) is 25.3 Å². The first-order valence-corrected chi connectivity index (χ1v) is 7.54. The van der Waals surface area contributed by atoms with Crippen molar-refractivity contribution in [1.82, 2.24) is 14.3 Å². The van der Waals surface area contributed by atoms with Gasteiger partial charge >= 0.3 is 0 Å². The standard InChI is InChI=1S/C10H21N3O3S/c1-16-6-5-12-17(14,15)13-7-9-3-2-4-11-10(9)8-13/h9-12H,2-8H2,1H3/t9-,10+/m0/s1. The molecule has 2 fully saturated rings. The van der Waals surface area contributed by atoms with Crippen LogP contribution in [0.3, 0.4) is 0 Å². The van der Waals surface area contributed by atoms with Crippen molar-refractivity contribution in [3.05, 3.63) is 0 Å². The Labute approximate surface area is 103 Å². The molecule has 0 radical (unpaired) electrons. The highest BCUT2D eigenvalue weighted by molar-refractivity contribution is 7.87. The highest BCUT2D eigenvalue weighted by Crippen LogP contribution is 2.26. The maximum atomic E-state index is 12.0. The van der Waals surface area contributed by atoms with Crippen LogP contribution in [0.15, 0.2) is 0 Å². The molecule has 0 spiro atoms. The van der Waals surface area contributed by atoms with Gasteiger partial charge in [-0.2, -0.15) is 17.4 Å². The molecule has 0 aliphatic carbocycles. The van der Waals surface area contributed by atoms with E-state index in [1.54, 1.807) is 11.4 Å². The lowest BCUT2D eigenvalue weighted by atomic mass is 9.94. The third-order valence-electron chi connectivity index (χ3n) is 3.50. The van der Waals surface area contributed by atoms with E-state index in [0.29, 0.717) is 38.2 Å². The molecule has 0 aromatic carbocycles. The Morgan fingerprint density at radius 3 is 3.00 bits per heavy atom. The first-order valence-electron chi connectivity index (χ1n) is 6.10. The predicted molar refractivity (Wildman–Crippen MR) is 64.9 cm³/mol. The lowest BCUT2D eigenvalue weighted by Crippen LogP contribution is -2.43. The van der Waals surface area contributed by atoms with Crippen LogP contribution in [0.5, 0.6) is 0 Å². The van der Waals surface area contributed by atoms with Gasteiger partial charge in [-0.25, -0.2) is 0 Å². The van der Waals surface area contributed by atoms with Crippen molar-refractivity contribution in [3.63, 3.8) is 0 Å². The monoisotopic (exact) mass is 263 g/mol. The van der Waals surface area contributed by atoms with Gasteiger partial charge in [-0.1, -0.05) is 0 Å². The number of rotatable bonds is 5. The summed E-state index contributed by atoms with van der Waals surface area (Å²) in [5.74, 6) is 0.475. The van der Waals surface area contributed by atoms with E-state index in [1.165, 1.54) is 0 Å². The first kappa shape index (κ1) is 13.2. The molecule has 0 unspecified atom stereocenters. The van der Waals surface area contributed by atoms with E-state index in [4.69, 9.17) is 4.74 Å². The number of nitrogens with zero attached hydrogens (tertiary/aromatic N) is 1. The highest BCUT2D eigenvalue weighted by Gasteiger charge is 2.39. The predicted octanol–water partition coefficient (Wildman–Crippen LogP) is -0.849. The zero-order valence-electron chi connectivity index (χ0n) is 10.2. The molecule has 2 heterocycles. The second-order valence-electron chi connectivity index (χ2n) is 4.67. The van der Waals surface area contributed by atoms with Gasteiger partial charge < -0.3 is 10.1 Å². The minimum Gasteiger partial charge on any atom is -0.383 e. The van der Waals surface area contributed by atoms with Crippen LogP contribution in [-0.4, -0.2) is 58.7 Å². The zero-order chi connectivity index (χ0) is 12.3. The Morgan fingerprint density at radius 2 is 2.29 bits per heavy atom. The first-order chi connectivity index (χ1) is 8.13. The van der Waals surface area contributed by atoms with Gasteiger partial charge in [0.2, 0.25) is 0 Å². The van der Waals surface area contributed by atoms with Gasteiger partial charge in [0.1, 0.15) is 0 Å². The SMILES string of the molecule is COCCNS(=O)(=O)N1C[C@@H]2CCCN[C@@H]2C1. The Hall–Kier alpha value is -0.210. The summed E-state index contributed by atoms with van der Waals surface area (Å²) in [5, 5.41) is 3.39. The van der Waals surface area contributed by atoms with Crippen LogP contribution >= 0.6 is 0 Å². The molecule has 0 aromatic rings. The third-order valence-corrected chi connectivity index (χ3v) is 5.04. The Balaban J connectivity index is 1.89. The number of piperidine rings is 1. The topological polar surface area (TPSA) is 70.7 Å². The maximum Gasteiger partial charge on any atom is 0.279 e. The third kappa shape index (κ3) is 3.17. The quantitative estimate of drug-likeness (QED) is 0.634. The van der Waals surface area contributed by atoms with Gasteiger partial charge in [0.15, 0.2) is 0 Å². The molecule has 2 atom stereocenters. The lowest BCUT2D eigenvalue weighted by molar-refractivity contribution is 0.204. The van der Waals surface area contributed by atoms with Gasteiger partial charge in [-0.15, -0.1) is 0 Å². The fourth-order valence-corrected chi connectivity index (χ4v) is 3.84. The molecular formula is C10H21N3O3S. The number of ether oxygens (including phenoxy) is 1. The molecule has 17 heavy (non-hydrogen) atoms. The van der Waals surface area contributed by atoms with E-state index in [2.05, 4.69) is 10.0 Å². The molecule has 6 nitrogen and oxygen atoms in total. The van der Waals surface area contributed by atoms with E-state index in [1.807, 2.05) is 0 Å². The van der Waals surface area contributed by atoms with Crippen molar-refractivity contribution in [2.24, 2.45) is 5.92 Å². The minimum atomic E-state index is -3.33. The fourth-order valence-electron chi connectivity index (χ4n) is 2.57. The molecule has 7 heteroatoms. The van der Waals surface area contributed by atoms with Gasteiger partial charge in [0, 0.05) is 32.8 Å². The molecule has 0 aromatic heterocycles. The maximum absolute atomic E-state index is 12.0.